The molecule has 0 saturated heterocycles. The van der Waals surface area contributed by atoms with Gasteiger partial charge >= 0.3 is 0 Å². The van der Waals surface area contributed by atoms with Crippen LogP contribution in [0.4, 0.5) is 0 Å². The van der Waals surface area contributed by atoms with Gasteiger partial charge in [-0.1, -0.05) is 18.2 Å². The second-order valence-corrected chi connectivity index (χ2v) is 7.62. The highest BCUT2D eigenvalue weighted by Gasteiger charge is 2.17. The fourth-order valence-electron chi connectivity index (χ4n) is 3.10. The molecule has 0 radical (unpaired) electrons. The number of amides is 2. The molecule has 0 aliphatic carbocycles. The van der Waals surface area contributed by atoms with Gasteiger partial charge in [0.15, 0.2) is 11.5 Å². The zero-order chi connectivity index (χ0) is 24.8. The maximum Gasteiger partial charge on any atom is 0.253 e. The van der Waals surface area contributed by atoms with Gasteiger partial charge in [-0.15, -0.1) is 0 Å². The van der Waals surface area contributed by atoms with E-state index in [-0.39, 0.29) is 18.0 Å². The lowest BCUT2D eigenvalue weighted by Gasteiger charge is -2.18. The third kappa shape index (κ3) is 9.09. The number of phenolic OH excluding ortho intramolecular Hbond substituents is 2. The van der Waals surface area contributed by atoms with Crippen LogP contribution in [-0.2, 0) is 9.59 Å². The molecule has 0 saturated carbocycles. The number of methoxy groups -OCH3 is 1. The van der Waals surface area contributed by atoms with Crippen molar-refractivity contribution in [1.82, 2.24) is 10.2 Å². The van der Waals surface area contributed by atoms with Crippen molar-refractivity contribution in [1.29, 1.82) is 0 Å². The first kappa shape index (κ1) is 26.6. The lowest BCUT2D eigenvalue weighted by atomic mass is 10.1. The van der Waals surface area contributed by atoms with Gasteiger partial charge in [0.05, 0.1) is 7.11 Å². The number of rotatable bonds is 13. The monoisotopic (exact) mass is 467 g/mol. The van der Waals surface area contributed by atoms with Crippen LogP contribution in [0.3, 0.4) is 0 Å². The van der Waals surface area contributed by atoms with Crippen molar-refractivity contribution in [3.63, 3.8) is 0 Å². The first-order valence-electron chi connectivity index (χ1n) is 11.2. The molecule has 0 aliphatic heterocycles. The number of aromatic hydroxyl groups is 2. The van der Waals surface area contributed by atoms with Crippen molar-refractivity contribution < 1.29 is 24.5 Å². The number of imide groups is 1. The van der Waals surface area contributed by atoms with Crippen molar-refractivity contribution in [2.45, 2.75) is 19.3 Å². The number of nitrogens with zero attached hydrogens (tertiary/aromatic N) is 1. The average Bonchev–Trinajstić information content (AvgIpc) is 2.84. The number of nitrogens with one attached hydrogen (secondary N) is 1. The molecule has 8 nitrogen and oxygen atoms in total. The highest BCUT2D eigenvalue weighted by Crippen LogP contribution is 2.26. The second-order valence-electron chi connectivity index (χ2n) is 7.62. The number of nitrogens with two attached hydrogens (primary N) is 1. The first-order valence-corrected chi connectivity index (χ1v) is 11.2. The molecule has 34 heavy (non-hydrogen) atoms. The third-order valence-electron chi connectivity index (χ3n) is 5.01. The lowest BCUT2D eigenvalue weighted by molar-refractivity contribution is -0.138. The number of ether oxygens (including phenoxy) is 1. The Morgan fingerprint density at radius 2 is 1.56 bits per heavy atom. The summed E-state index contributed by atoms with van der Waals surface area (Å²) in [6.45, 7) is 2.53. The minimum atomic E-state index is -0.441. The van der Waals surface area contributed by atoms with Crippen LogP contribution in [0.25, 0.3) is 12.2 Å². The Morgan fingerprint density at radius 3 is 2.21 bits per heavy atom. The minimum absolute atomic E-state index is 0.00206. The van der Waals surface area contributed by atoms with Crippen LogP contribution in [0.5, 0.6) is 17.2 Å². The fraction of sp³-hybridized carbons (Fsp3) is 0.308. The molecule has 0 fully saturated rings. The Hall–Kier alpha value is -3.62. The van der Waals surface area contributed by atoms with E-state index in [0.717, 1.165) is 31.5 Å². The molecule has 2 aromatic rings. The van der Waals surface area contributed by atoms with Crippen molar-refractivity contribution in [3.05, 3.63) is 65.7 Å². The Balaban J connectivity index is 2.07. The van der Waals surface area contributed by atoms with Crippen LogP contribution in [0.2, 0.25) is 0 Å². The van der Waals surface area contributed by atoms with E-state index in [0.29, 0.717) is 24.3 Å². The Bertz CT molecular complexity index is 986. The smallest absolute Gasteiger partial charge is 0.253 e. The molecule has 0 heterocycles. The van der Waals surface area contributed by atoms with E-state index >= 15 is 0 Å². The van der Waals surface area contributed by atoms with E-state index in [1.165, 1.54) is 42.4 Å². The highest BCUT2D eigenvalue weighted by atomic mass is 16.5. The predicted molar refractivity (Wildman–Crippen MR) is 133 cm³/mol. The zero-order valence-corrected chi connectivity index (χ0v) is 19.4. The van der Waals surface area contributed by atoms with E-state index in [1.54, 1.807) is 36.4 Å². The topological polar surface area (TPSA) is 125 Å². The Morgan fingerprint density at radius 1 is 0.941 bits per heavy atom. The summed E-state index contributed by atoms with van der Waals surface area (Å²) in [5.74, 6) is -0.439. The van der Waals surface area contributed by atoms with Crippen LogP contribution < -0.4 is 15.8 Å². The number of hydrogen-bond donors (Lipinski definition) is 4. The summed E-state index contributed by atoms with van der Waals surface area (Å²) >= 11 is 0. The van der Waals surface area contributed by atoms with Crippen molar-refractivity contribution in [2.75, 3.05) is 33.3 Å². The summed E-state index contributed by atoms with van der Waals surface area (Å²) in [5.41, 5.74) is 6.86. The first-order chi connectivity index (χ1) is 16.4. The summed E-state index contributed by atoms with van der Waals surface area (Å²) in [4.78, 5) is 26.9. The lowest BCUT2D eigenvalue weighted by Crippen LogP contribution is -2.35. The molecule has 2 aromatic carbocycles. The number of carbonyl (C=O) groups excluding carboxylic acids is 2. The summed E-state index contributed by atoms with van der Waals surface area (Å²) in [6.07, 6.45) is 8.22. The molecule has 182 valence electrons. The molecule has 5 N–H and O–H groups in total. The largest absolute Gasteiger partial charge is 0.508 e. The summed E-state index contributed by atoms with van der Waals surface area (Å²) in [6, 6.07) is 11.1. The van der Waals surface area contributed by atoms with E-state index in [9.17, 15) is 19.8 Å². The quantitative estimate of drug-likeness (QED) is 0.264. The zero-order valence-electron chi connectivity index (χ0n) is 19.4. The predicted octanol–water partition coefficient (Wildman–Crippen LogP) is 2.91. The van der Waals surface area contributed by atoms with Crippen molar-refractivity contribution in [2.24, 2.45) is 5.73 Å². The third-order valence-corrected chi connectivity index (χ3v) is 5.01. The fourth-order valence-corrected chi connectivity index (χ4v) is 3.10. The van der Waals surface area contributed by atoms with Crippen LogP contribution in [0.1, 0.15) is 30.4 Å². The molecule has 8 heteroatoms. The van der Waals surface area contributed by atoms with Crippen LogP contribution >= 0.6 is 0 Å². The second kappa shape index (κ2) is 14.5. The van der Waals surface area contributed by atoms with Gasteiger partial charge in [-0.3, -0.25) is 14.5 Å². The number of carbonyl (C=O) groups is 2. The molecule has 0 atom stereocenters. The van der Waals surface area contributed by atoms with E-state index < -0.39 is 11.8 Å². The molecule has 0 unspecified atom stereocenters. The van der Waals surface area contributed by atoms with E-state index in [2.05, 4.69) is 5.32 Å². The SMILES string of the molecule is COc1cc(/C=C/C(=O)N(CCCCNCCCN)C(=O)/C=C/c2ccc(O)cc2)ccc1O. The standard InChI is InChI=1S/C26H33N3O5/c1-34-24-19-21(7-12-23(24)31)9-14-26(33)29(18-3-2-16-28-17-4-15-27)25(32)13-8-20-5-10-22(30)11-6-20/h5-14,19,28,30-31H,2-4,15-18,27H2,1H3/b13-8+,14-9+. The molecule has 0 aliphatic rings. The number of hydrogen-bond acceptors (Lipinski definition) is 7. The van der Waals surface area contributed by atoms with Crippen molar-refractivity contribution >= 4 is 24.0 Å². The maximum absolute atomic E-state index is 12.9. The molecule has 0 aromatic heterocycles. The Kier molecular flexibility index (Phi) is 11.4. The van der Waals surface area contributed by atoms with Crippen LogP contribution in [0, 0.1) is 0 Å². The molecule has 2 rings (SSSR count). The summed E-state index contributed by atoms with van der Waals surface area (Å²) in [5, 5.41) is 22.4. The normalized spacial score (nSPS) is 11.2. The van der Waals surface area contributed by atoms with Gasteiger partial charge in [-0.2, -0.15) is 0 Å². The summed E-state index contributed by atoms with van der Waals surface area (Å²) in [7, 11) is 1.44. The van der Waals surface area contributed by atoms with Crippen molar-refractivity contribution in [3.8, 4) is 17.2 Å². The van der Waals surface area contributed by atoms with Gasteiger partial charge in [0.2, 0.25) is 0 Å². The highest BCUT2D eigenvalue weighted by molar-refractivity contribution is 6.07. The van der Waals surface area contributed by atoms with Gasteiger partial charge in [0, 0.05) is 18.7 Å². The number of benzene rings is 2. The molecular formula is C26H33N3O5. The number of unbranched alkanes of at least 4 members (excludes halogenated alkanes) is 1. The van der Waals surface area contributed by atoms with E-state index in [4.69, 9.17) is 10.5 Å². The Labute approximate surface area is 200 Å². The average molecular weight is 468 g/mol. The van der Waals surface area contributed by atoms with Gasteiger partial charge in [-0.05, 0) is 86.4 Å². The molecular weight excluding hydrogens is 434 g/mol. The van der Waals surface area contributed by atoms with E-state index in [1.807, 2.05) is 0 Å². The minimum Gasteiger partial charge on any atom is -0.508 e. The maximum atomic E-state index is 12.9. The molecule has 2 amide bonds. The van der Waals surface area contributed by atoms with Gasteiger partial charge < -0.3 is 26.0 Å². The molecule has 0 bridgehead atoms. The van der Waals surface area contributed by atoms with Gasteiger partial charge in [-0.25, -0.2) is 0 Å². The van der Waals surface area contributed by atoms with Crippen LogP contribution in [0.15, 0.2) is 54.6 Å². The number of phenols is 2. The van der Waals surface area contributed by atoms with Crippen LogP contribution in [-0.4, -0.2) is 60.2 Å². The van der Waals surface area contributed by atoms with Gasteiger partial charge in [0.25, 0.3) is 11.8 Å². The summed E-state index contributed by atoms with van der Waals surface area (Å²) < 4.78 is 5.09. The molecule has 0 spiro atoms. The van der Waals surface area contributed by atoms with Gasteiger partial charge in [0.1, 0.15) is 5.75 Å².